The lowest BCUT2D eigenvalue weighted by molar-refractivity contribution is -0.255. The minimum atomic E-state index is -1.17. The summed E-state index contributed by atoms with van der Waals surface area (Å²) in [6, 6.07) is 20.9. The molecule has 0 saturated carbocycles. The van der Waals surface area contributed by atoms with E-state index in [0.717, 1.165) is 35.1 Å². The average Bonchev–Trinajstić information content (AvgIpc) is 3.20. The number of thioether (sulfide) groups is 1. The van der Waals surface area contributed by atoms with E-state index in [-0.39, 0.29) is 5.56 Å². The zero-order chi connectivity index (χ0) is 20.8. The van der Waals surface area contributed by atoms with E-state index in [9.17, 15) is 9.90 Å². The number of rotatable bonds is 8. The molecule has 2 aromatic heterocycles. The lowest BCUT2D eigenvalue weighted by Crippen LogP contribution is -2.21. The van der Waals surface area contributed by atoms with Crippen LogP contribution in [0.4, 0.5) is 0 Å². The number of carboxylic acid groups (broad SMARTS) is 1. The number of carboxylic acids is 1. The number of aromatic nitrogens is 4. The second-order valence-corrected chi connectivity index (χ2v) is 7.64. The highest BCUT2D eigenvalue weighted by Gasteiger charge is 2.14. The summed E-state index contributed by atoms with van der Waals surface area (Å²) in [6.45, 7) is 0.751. The molecule has 0 aliphatic rings. The molecule has 2 aromatic carbocycles. The van der Waals surface area contributed by atoms with Crippen molar-refractivity contribution in [3.63, 3.8) is 0 Å². The summed E-state index contributed by atoms with van der Waals surface area (Å²) in [5.74, 6) is 0.299. The van der Waals surface area contributed by atoms with E-state index >= 15 is 0 Å². The molecule has 0 spiro atoms. The highest BCUT2D eigenvalue weighted by Crippen LogP contribution is 2.26. The maximum atomic E-state index is 10.9. The minimum Gasteiger partial charge on any atom is -0.545 e. The molecule has 4 rings (SSSR count). The van der Waals surface area contributed by atoms with Crippen LogP contribution < -0.4 is 5.11 Å². The lowest BCUT2D eigenvalue weighted by Gasteiger charge is -2.11. The van der Waals surface area contributed by atoms with Crippen LogP contribution in [0.1, 0.15) is 21.5 Å². The van der Waals surface area contributed by atoms with Crippen molar-refractivity contribution in [3.8, 4) is 11.4 Å². The van der Waals surface area contributed by atoms with Gasteiger partial charge in [0.15, 0.2) is 11.0 Å². The van der Waals surface area contributed by atoms with Crippen LogP contribution in [0.2, 0.25) is 0 Å². The van der Waals surface area contributed by atoms with Crippen molar-refractivity contribution in [2.45, 2.75) is 23.9 Å². The first kappa shape index (κ1) is 19.8. The fourth-order valence-corrected chi connectivity index (χ4v) is 4.00. The number of nitrogens with zero attached hydrogens (tertiary/aromatic N) is 4. The molecular formula is C23H19N4O2S-. The van der Waals surface area contributed by atoms with Gasteiger partial charge >= 0.3 is 0 Å². The van der Waals surface area contributed by atoms with Gasteiger partial charge in [0.2, 0.25) is 0 Å². The van der Waals surface area contributed by atoms with Gasteiger partial charge in [-0.1, -0.05) is 66.4 Å². The van der Waals surface area contributed by atoms with Crippen molar-refractivity contribution >= 4 is 17.7 Å². The SMILES string of the molecule is O=C([O-])c1ccc(CSc2nnc(-c3ccncc3)n2CCc2ccccc2)cc1. The first-order valence-corrected chi connectivity index (χ1v) is 10.5. The van der Waals surface area contributed by atoms with Gasteiger partial charge in [0.05, 0.1) is 5.97 Å². The summed E-state index contributed by atoms with van der Waals surface area (Å²) in [7, 11) is 0. The number of aryl methyl sites for hydroxylation is 1. The van der Waals surface area contributed by atoms with Gasteiger partial charge in [-0.25, -0.2) is 0 Å². The molecule has 6 nitrogen and oxygen atoms in total. The predicted molar refractivity (Wildman–Crippen MR) is 114 cm³/mol. The Morgan fingerprint density at radius 3 is 2.33 bits per heavy atom. The zero-order valence-electron chi connectivity index (χ0n) is 16.1. The third-order valence-electron chi connectivity index (χ3n) is 4.68. The van der Waals surface area contributed by atoms with Crippen molar-refractivity contribution in [1.82, 2.24) is 19.7 Å². The van der Waals surface area contributed by atoms with E-state index in [2.05, 4.69) is 31.9 Å². The van der Waals surface area contributed by atoms with Gasteiger partial charge in [-0.3, -0.25) is 4.98 Å². The van der Waals surface area contributed by atoms with Crippen LogP contribution in [0.5, 0.6) is 0 Å². The Bertz CT molecular complexity index is 1110. The second-order valence-electron chi connectivity index (χ2n) is 6.70. The predicted octanol–water partition coefficient (Wildman–Crippen LogP) is 3.24. The molecule has 0 radical (unpaired) electrons. The molecule has 7 heteroatoms. The van der Waals surface area contributed by atoms with Crippen molar-refractivity contribution < 1.29 is 9.90 Å². The largest absolute Gasteiger partial charge is 0.545 e. The van der Waals surface area contributed by atoms with Crippen LogP contribution in [0.3, 0.4) is 0 Å². The van der Waals surface area contributed by atoms with Crippen molar-refractivity contribution in [3.05, 3.63) is 95.8 Å². The van der Waals surface area contributed by atoms with Crippen LogP contribution in [-0.4, -0.2) is 25.7 Å². The smallest absolute Gasteiger partial charge is 0.191 e. The topological polar surface area (TPSA) is 83.7 Å². The Kier molecular flexibility index (Phi) is 6.20. The molecule has 2 heterocycles. The Balaban J connectivity index is 1.55. The molecule has 150 valence electrons. The average molecular weight is 415 g/mol. The highest BCUT2D eigenvalue weighted by molar-refractivity contribution is 7.98. The van der Waals surface area contributed by atoms with E-state index in [1.54, 1.807) is 48.4 Å². The van der Waals surface area contributed by atoms with Gasteiger partial charge in [0, 0.05) is 30.3 Å². The minimum absolute atomic E-state index is 0.176. The summed E-state index contributed by atoms with van der Waals surface area (Å²) in [4.78, 5) is 15.0. The van der Waals surface area contributed by atoms with E-state index in [4.69, 9.17) is 0 Å². The molecule has 0 aliphatic heterocycles. The Morgan fingerprint density at radius 1 is 0.900 bits per heavy atom. The number of carbonyl (C=O) groups is 1. The first-order valence-electron chi connectivity index (χ1n) is 9.51. The van der Waals surface area contributed by atoms with Crippen LogP contribution in [0, 0.1) is 0 Å². The number of carbonyl (C=O) groups excluding carboxylic acids is 1. The molecule has 0 saturated heterocycles. The van der Waals surface area contributed by atoms with E-state index < -0.39 is 5.97 Å². The number of hydrogen-bond donors (Lipinski definition) is 0. The highest BCUT2D eigenvalue weighted by atomic mass is 32.2. The fourth-order valence-electron chi connectivity index (χ4n) is 3.08. The Morgan fingerprint density at radius 2 is 1.63 bits per heavy atom. The molecular weight excluding hydrogens is 396 g/mol. The molecule has 0 bridgehead atoms. The third kappa shape index (κ3) is 4.75. The van der Waals surface area contributed by atoms with Crippen LogP contribution in [0.25, 0.3) is 11.4 Å². The van der Waals surface area contributed by atoms with Crippen LogP contribution in [-0.2, 0) is 18.7 Å². The molecule has 0 N–H and O–H groups in total. The molecule has 0 atom stereocenters. The van der Waals surface area contributed by atoms with E-state index in [1.165, 1.54) is 5.56 Å². The summed E-state index contributed by atoms with van der Waals surface area (Å²) >= 11 is 1.58. The second kappa shape index (κ2) is 9.37. The number of aromatic carboxylic acids is 1. The molecule has 4 aromatic rings. The summed E-state index contributed by atoms with van der Waals surface area (Å²) in [6.07, 6.45) is 4.36. The van der Waals surface area contributed by atoms with Crippen LogP contribution in [0.15, 0.2) is 84.3 Å². The van der Waals surface area contributed by atoms with Crippen molar-refractivity contribution in [2.75, 3.05) is 0 Å². The van der Waals surface area contributed by atoms with Crippen molar-refractivity contribution in [2.24, 2.45) is 0 Å². The summed E-state index contributed by atoms with van der Waals surface area (Å²) in [5, 5.41) is 20.6. The van der Waals surface area contributed by atoms with Gasteiger partial charge in [-0.15, -0.1) is 10.2 Å². The van der Waals surface area contributed by atoms with Gasteiger partial charge < -0.3 is 14.5 Å². The van der Waals surface area contributed by atoms with Gasteiger partial charge in [0.1, 0.15) is 0 Å². The van der Waals surface area contributed by atoms with E-state index in [0.29, 0.717) is 5.75 Å². The van der Waals surface area contributed by atoms with E-state index in [1.807, 2.05) is 30.3 Å². The van der Waals surface area contributed by atoms with Gasteiger partial charge in [-0.2, -0.15) is 0 Å². The Labute approximate surface area is 178 Å². The number of pyridine rings is 1. The number of benzene rings is 2. The van der Waals surface area contributed by atoms with Gasteiger partial charge in [0.25, 0.3) is 0 Å². The van der Waals surface area contributed by atoms with Gasteiger partial charge in [-0.05, 0) is 35.2 Å². The van der Waals surface area contributed by atoms with Crippen LogP contribution >= 0.6 is 11.8 Å². The quantitative estimate of drug-likeness (QED) is 0.411. The maximum absolute atomic E-state index is 10.9. The molecule has 0 amide bonds. The maximum Gasteiger partial charge on any atom is 0.191 e. The lowest BCUT2D eigenvalue weighted by atomic mass is 10.1. The van der Waals surface area contributed by atoms with Crippen molar-refractivity contribution in [1.29, 1.82) is 0 Å². The first-order chi connectivity index (χ1) is 14.7. The fraction of sp³-hybridized carbons (Fsp3) is 0.130. The third-order valence-corrected chi connectivity index (χ3v) is 5.72. The standard InChI is InChI=1S/C23H20N4O2S/c28-22(29)20-8-6-18(7-9-20)16-30-23-26-25-21(19-10-13-24-14-11-19)27(23)15-12-17-4-2-1-3-5-17/h1-11,13-14H,12,15-16H2,(H,28,29)/p-1. The zero-order valence-corrected chi connectivity index (χ0v) is 17.0. The molecule has 0 unspecified atom stereocenters. The summed E-state index contributed by atoms with van der Waals surface area (Å²) in [5.41, 5.74) is 3.40. The normalized spacial score (nSPS) is 10.8. The Hall–Kier alpha value is -3.45. The summed E-state index contributed by atoms with van der Waals surface area (Å²) < 4.78 is 2.13. The monoisotopic (exact) mass is 415 g/mol. The molecule has 30 heavy (non-hydrogen) atoms. The molecule has 0 fully saturated rings. The molecule has 0 aliphatic carbocycles. The number of hydrogen-bond acceptors (Lipinski definition) is 6.